The summed E-state index contributed by atoms with van der Waals surface area (Å²) in [5.74, 6) is 1.84. The van der Waals surface area contributed by atoms with E-state index in [1.54, 1.807) is 0 Å². The highest BCUT2D eigenvalue weighted by atomic mass is 16.5. The lowest BCUT2D eigenvalue weighted by Crippen LogP contribution is -1.96. The molecule has 0 amide bonds. The molecule has 0 saturated heterocycles. The molecule has 0 aliphatic rings. The molecule has 17 heavy (non-hydrogen) atoms. The second kappa shape index (κ2) is 4.57. The minimum Gasteiger partial charge on any atom is -0.399 e. The Bertz CT molecular complexity index is 517. The normalized spacial score (nSPS) is 11.1. The van der Waals surface area contributed by atoms with Crippen LogP contribution in [0.3, 0.4) is 0 Å². The number of aromatic nitrogens is 2. The van der Waals surface area contributed by atoms with Crippen molar-refractivity contribution in [2.75, 3.05) is 5.73 Å². The summed E-state index contributed by atoms with van der Waals surface area (Å²) in [5.41, 5.74) is 8.45. The zero-order valence-electron chi connectivity index (χ0n) is 10.4. The standard InChI is InChI=1S/C13H17N3O/c1-8(2)6-12-15-13(17-16-12)11-5-4-10(14)7-9(11)3/h4-5,7-8H,6,14H2,1-3H3. The van der Waals surface area contributed by atoms with Gasteiger partial charge in [-0.3, -0.25) is 0 Å². The van der Waals surface area contributed by atoms with Gasteiger partial charge < -0.3 is 10.3 Å². The summed E-state index contributed by atoms with van der Waals surface area (Å²) < 4.78 is 5.27. The van der Waals surface area contributed by atoms with E-state index < -0.39 is 0 Å². The number of nitrogen functional groups attached to an aromatic ring is 1. The second-order valence-electron chi connectivity index (χ2n) is 4.69. The Labute approximate surface area is 101 Å². The maximum atomic E-state index is 5.71. The van der Waals surface area contributed by atoms with Gasteiger partial charge in [-0.25, -0.2) is 0 Å². The first-order valence-electron chi connectivity index (χ1n) is 5.75. The average molecular weight is 231 g/mol. The van der Waals surface area contributed by atoms with Gasteiger partial charge in [-0.1, -0.05) is 19.0 Å². The van der Waals surface area contributed by atoms with Crippen LogP contribution in [0.1, 0.15) is 25.2 Å². The second-order valence-corrected chi connectivity index (χ2v) is 4.69. The van der Waals surface area contributed by atoms with E-state index in [0.29, 0.717) is 11.8 Å². The van der Waals surface area contributed by atoms with Crippen LogP contribution in [0.25, 0.3) is 11.5 Å². The number of nitrogens with zero attached hydrogens (tertiary/aromatic N) is 2. The Morgan fingerprint density at radius 2 is 2.12 bits per heavy atom. The van der Waals surface area contributed by atoms with Crippen LogP contribution >= 0.6 is 0 Å². The van der Waals surface area contributed by atoms with E-state index in [4.69, 9.17) is 10.3 Å². The monoisotopic (exact) mass is 231 g/mol. The molecule has 1 aromatic heterocycles. The van der Waals surface area contributed by atoms with Crippen LogP contribution in [0, 0.1) is 12.8 Å². The summed E-state index contributed by atoms with van der Waals surface area (Å²) >= 11 is 0. The molecule has 0 bridgehead atoms. The fourth-order valence-corrected chi connectivity index (χ4v) is 1.74. The van der Waals surface area contributed by atoms with Crippen LogP contribution in [-0.4, -0.2) is 10.1 Å². The first-order valence-corrected chi connectivity index (χ1v) is 5.75. The van der Waals surface area contributed by atoms with Crippen LogP contribution in [0.2, 0.25) is 0 Å². The third kappa shape index (κ3) is 2.64. The molecular formula is C13H17N3O. The molecule has 4 nitrogen and oxygen atoms in total. The molecule has 0 atom stereocenters. The minimum absolute atomic E-state index is 0.521. The first-order chi connectivity index (χ1) is 8.06. The third-order valence-electron chi connectivity index (χ3n) is 2.54. The molecule has 1 aromatic carbocycles. The topological polar surface area (TPSA) is 64.9 Å². The largest absolute Gasteiger partial charge is 0.399 e. The van der Waals surface area contributed by atoms with E-state index in [-0.39, 0.29) is 0 Å². The van der Waals surface area contributed by atoms with Crippen molar-refractivity contribution in [3.8, 4) is 11.5 Å². The Morgan fingerprint density at radius 1 is 1.35 bits per heavy atom. The Morgan fingerprint density at radius 3 is 2.76 bits per heavy atom. The zero-order chi connectivity index (χ0) is 12.4. The van der Waals surface area contributed by atoms with Crippen molar-refractivity contribution in [2.45, 2.75) is 27.2 Å². The number of hydrogen-bond acceptors (Lipinski definition) is 4. The third-order valence-corrected chi connectivity index (χ3v) is 2.54. The maximum absolute atomic E-state index is 5.71. The van der Waals surface area contributed by atoms with Crippen LogP contribution in [0.4, 0.5) is 5.69 Å². The quantitative estimate of drug-likeness (QED) is 0.825. The van der Waals surface area contributed by atoms with Gasteiger partial charge in [0, 0.05) is 17.7 Å². The van der Waals surface area contributed by atoms with E-state index >= 15 is 0 Å². The molecule has 0 radical (unpaired) electrons. The molecule has 2 N–H and O–H groups in total. The van der Waals surface area contributed by atoms with Crippen molar-refractivity contribution in [2.24, 2.45) is 5.92 Å². The van der Waals surface area contributed by atoms with Gasteiger partial charge in [-0.15, -0.1) is 0 Å². The van der Waals surface area contributed by atoms with Gasteiger partial charge in [-0.2, -0.15) is 4.98 Å². The number of nitrogens with two attached hydrogens (primary N) is 1. The highest BCUT2D eigenvalue weighted by Crippen LogP contribution is 2.23. The molecule has 0 fully saturated rings. The van der Waals surface area contributed by atoms with E-state index in [0.717, 1.165) is 29.1 Å². The molecule has 1 heterocycles. The maximum Gasteiger partial charge on any atom is 0.258 e. The molecule has 0 unspecified atom stereocenters. The van der Waals surface area contributed by atoms with Crippen LogP contribution in [-0.2, 0) is 6.42 Å². The first kappa shape index (κ1) is 11.6. The van der Waals surface area contributed by atoms with Gasteiger partial charge in [-0.05, 0) is 36.6 Å². The molecule has 0 aliphatic heterocycles. The van der Waals surface area contributed by atoms with Crippen LogP contribution < -0.4 is 5.73 Å². The highest BCUT2D eigenvalue weighted by Gasteiger charge is 2.11. The fourth-order valence-electron chi connectivity index (χ4n) is 1.74. The lowest BCUT2D eigenvalue weighted by molar-refractivity contribution is 0.417. The van der Waals surface area contributed by atoms with E-state index in [9.17, 15) is 0 Å². The van der Waals surface area contributed by atoms with Gasteiger partial charge in [0.1, 0.15) is 0 Å². The zero-order valence-corrected chi connectivity index (χ0v) is 10.4. The Hall–Kier alpha value is -1.84. The van der Waals surface area contributed by atoms with E-state index in [1.165, 1.54) is 0 Å². The summed E-state index contributed by atoms with van der Waals surface area (Å²) in [4.78, 5) is 4.39. The molecule has 0 saturated carbocycles. The fraction of sp³-hybridized carbons (Fsp3) is 0.385. The van der Waals surface area contributed by atoms with Crippen molar-refractivity contribution >= 4 is 5.69 Å². The predicted molar refractivity (Wildman–Crippen MR) is 67.4 cm³/mol. The lowest BCUT2D eigenvalue weighted by atomic mass is 10.1. The number of hydrogen-bond donors (Lipinski definition) is 1. The van der Waals surface area contributed by atoms with Gasteiger partial charge in [0.15, 0.2) is 5.82 Å². The number of aryl methyl sites for hydroxylation is 1. The molecule has 0 spiro atoms. The van der Waals surface area contributed by atoms with Crippen molar-refractivity contribution in [3.63, 3.8) is 0 Å². The molecule has 2 aromatic rings. The molecular weight excluding hydrogens is 214 g/mol. The summed E-state index contributed by atoms with van der Waals surface area (Å²) in [6.07, 6.45) is 0.831. The number of anilines is 1. The predicted octanol–water partition coefficient (Wildman–Crippen LogP) is 2.83. The molecule has 0 aliphatic carbocycles. The van der Waals surface area contributed by atoms with Gasteiger partial charge in [0.05, 0.1) is 0 Å². The van der Waals surface area contributed by atoms with E-state index in [1.807, 2.05) is 25.1 Å². The summed E-state index contributed by atoms with van der Waals surface area (Å²) in [5, 5.41) is 3.98. The van der Waals surface area contributed by atoms with Crippen molar-refractivity contribution in [3.05, 3.63) is 29.6 Å². The summed E-state index contributed by atoms with van der Waals surface area (Å²) in [6, 6.07) is 5.66. The minimum atomic E-state index is 0.521. The number of rotatable bonds is 3. The van der Waals surface area contributed by atoms with Crippen molar-refractivity contribution in [1.82, 2.24) is 10.1 Å². The Kier molecular flexibility index (Phi) is 3.13. The highest BCUT2D eigenvalue weighted by molar-refractivity contribution is 5.62. The van der Waals surface area contributed by atoms with Gasteiger partial charge in [0.25, 0.3) is 5.89 Å². The van der Waals surface area contributed by atoms with Crippen molar-refractivity contribution in [1.29, 1.82) is 0 Å². The van der Waals surface area contributed by atoms with E-state index in [2.05, 4.69) is 24.0 Å². The molecule has 4 heteroatoms. The summed E-state index contributed by atoms with van der Waals surface area (Å²) in [7, 11) is 0. The number of benzene rings is 1. The van der Waals surface area contributed by atoms with Gasteiger partial charge in [0.2, 0.25) is 0 Å². The summed E-state index contributed by atoms with van der Waals surface area (Å²) in [6.45, 7) is 6.24. The van der Waals surface area contributed by atoms with Crippen molar-refractivity contribution < 1.29 is 4.52 Å². The lowest BCUT2D eigenvalue weighted by Gasteiger charge is -2.01. The molecule has 90 valence electrons. The average Bonchev–Trinajstić information content (AvgIpc) is 2.65. The van der Waals surface area contributed by atoms with Gasteiger partial charge >= 0.3 is 0 Å². The SMILES string of the molecule is Cc1cc(N)ccc1-c1nc(CC(C)C)no1. The molecule has 2 rings (SSSR count). The van der Waals surface area contributed by atoms with Crippen LogP contribution in [0.5, 0.6) is 0 Å². The Balaban J connectivity index is 2.30. The van der Waals surface area contributed by atoms with Crippen LogP contribution in [0.15, 0.2) is 22.7 Å². The smallest absolute Gasteiger partial charge is 0.258 e.